The fourth-order valence-corrected chi connectivity index (χ4v) is 4.36. The van der Waals surface area contributed by atoms with Gasteiger partial charge in [-0.2, -0.15) is 0 Å². The second kappa shape index (κ2) is 9.58. The van der Waals surface area contributed by atoms with Crippen LogP contribution in [0.2, 0.25) is 0 Å². The van der Waals surface area contributed by atoms with E-state index in [9.17, 15) is 4.79 Å². The van der Waals surface area contributed by atoms with Crippen LogP contribution >= 0.6 is 0 Å². The number of methoxy groups -OCH3 is 1. The molecule has 4 nitrogen and oxygen atoms in total. The van der Waals surface area contributed by atoms with E-state index < -0.39 is 0 Å². The lowest BCUT2D eigenvalue weighted by atomic mass is 9.85. The minimum atomic E-state index is -0.0606. The van der Waals surface area contributed by atoms with Gasteiger partial charge < -0.3 is 14.8 Å². The van der Waals surface area contributed by atoms with Crippen LogP contribution in [-0.2, 0) is 11.3 Å². The summed E-state index contributed by atoms with van der Waals surface area (Å²) >= 11 is 0. The molecule has 2 aromatic rings. The zero-order chi connectivity index (χ0) is 21.8. The van der Waals surface area contributed by atoms with Crippen LogP contribution in [0.3, 0.4) is 0 Å². The molecule has 0 heterocycles. The van der Waals surface area contributed by atoms with E-state index in [1.54, 1.807) is 7.11 Å². The van der Waals surface area contributed by atoms with Gasteiger partial charge in [-0.05, 0) is 73.1 Å². The number of ether oxygens (including phenoxy) is 2. The molecule has 4 rings (SSSR count). The lowest BCUT2D eigenvalue weighted by Gasteiger charge is -2.29. The topological polar surface area (TPSA) is 47.6 Å². The predicted octanol–water partition coefficient (Wildman–Crippen LogP) is 5.27. The summed E-state index contributed by atoms with van der Waals surface area (Å²) < 4.78 is 11.3. The molecule has 4 heteroatoms. The van der Waals surface area contributed by atoms with Crippen molar-refractivity contribution in [3.8, 4) is 29.2 Å². The van der Waals surface area contributed by atoms with Gasteiger partial charge in [0.15, 0.2) is 0 Å². The summed E-state index contributed by atoms with van der Waals surface area (Å²) in [5, 5.41) is 3.23. The molecule has 0 saturated heterocycles. The van der Waals surface area contributed by atoms with E-state index in [0.29, 0.717) is 18.3 Å². The minimum Gasteiger partial charge on any atom is -0.497 e. The van der Waals surface area contributed by atoms with Gasteiger partial charge in [0.1, 0.15) is 5.75 Å². The molecule has 162 valence electrons. The van der Waals surface area contributed by atoms with Crippen LogP contribution < -0.4 is 10.1 Å². The zero-order valence-corrected chi connectivity index (χ0v) is 18.4. The van der Waals surface area contributed by atoms with Crippen LogP contribution in [0, 0.1) is 25.2 Å². The summed E-state index contributed by atoms with van der Waals surface area (Å²) in [7, 11) is 1.67. The van der Waals surface area contributed by atoms with Crippen molar-refractivity contribution in [2.24, 2.45) is 5.92 Å². The smallest absolute Gasteiger partial charge is 0.251 e. The lowest BCUT2D eigenvalue weighted by Crippen LogP contribution is -2.42. The highest BCUT2D eigenvalue weighted by atomic mass is 16.5. The molecular weight excluding hydrogens is 386 g/mol. The Balaban J connectivity index is 1.63. The molecule has 0 aromatic heterocycles. The molecule has 0 radical (unpaired) electrons. The SMILES string of the molecule is C#CC1CCCCC1NC(=O)c1cc(-c2ccc(OC)cc2C)ccc1COC1CC1. The first kappa shape index (κ1) is 21.5. The maximum absolute atomic E-state index is 13.4. The first-order valence-corrected chi connectivity index (χ1v) is 11.3. The third-order valence-corrected chi connectivity index (χ3v) is 6.39. The van der Waals surface area contributed by atoms with Crippen molar-refractivity contribution in [2.45, 2.75) is 64.2 Å². The number of amides is 1. The summed E-state index contributed by atoms with van der Waals surface area (Å²) in [4.78, 5) is 13.4. The van der Waals surface area contributed by atoms with E-state index in [1.807, 2.05) is 30.3 Å². The molecule has 2 aliphatic carbocycles. The van der Waals surface area contributed by atoms with Gasteiger partial charge in [-0.15, -0.1) is 12.3 Å². The largest absolute Gasteiger partial charge is 0.497 e. The summed E-state index contributed by atoms with van der Waals surface area (Å²) in [6.07, 6.45) is 12.4. The monoisotopic (exact) mass is 417 g/mol. The van der Waals surface area contributed by atoms with Gasteiger partial charge in [0.05, 0.1) is 19.8 Å². The first-order valence-electron chi connectivity index (χ1n) is 11.3. The Kier molecular flexibility index (Phi) is 6.63. The fourth-order valence-electron chi connectivity index (χ4n) is 4.36. The molecule has 2 atom stereocenters. The van der Waals surface area contributed by atoms with Crippen molar-refractivity contribution in [3.05, 3.63) is 53.1 Å². The van der Waals surface area contributed by atoms with Crippen molar-refractivity contribution in [2.75, 3.05) is 7.11 Å². The molecule has 1 amide bonds. The van der Waals surface area contributed by atoms with Gasteiger partial charge >= 0.3 is 0 Å². The zero-order valence-electron chi connectivity index (χ0n) is 18.4. The van der Waals surface area contributed by atoms with Crippen molar-refractivity contribution < 1.29 is 14.3 Å². The van der Waals surface area contributed by atoms with Gasteiger partial charge in [-0.1, -0.05) is 31.0 Å². The predicted molar refractivity (Wildman–Crippen MR) is 123 cm³/mol. The Hall–Kier alpha value is -2.77. The average Bonchev–Trinajstić information content (AvgIpc) is 3.62. The van der Waals surface area contributed by atoms with E-state index in [0.717, 1.165) is 66.5 Å². The molecule has 2 fully saturated rings. The second-order valence-electron chi connectivity index (χ2n) is 8.70. The van der Waals surface area contributed by atoms with Crippen LogP contribution in [0.25, 0.3) is 11.1 Å². The third kappa shape index (κ3) is 5.11. The van der Waals surface area contributed by atoms with E-state index >= 15 is 0 Å². The van der Waals surface area contributed by atoms with Gasteiger partial charge in [0.2, 0.25) is 0 Å². The van der Waals surface area contributed by atoms with Crippen molar-refractivity contribution in [1.29, 1.82) is 0 Å². The molecule has 2 aliphatic rings. The van der Waals surface area contributed by atoms with Crippen LogP contribution in [0.4, 0.5) is 0 Å². The standard InChI is InChI=1S/C27H31NO3/c1-4-19-7-5-6-8-26(19)28-27(29)25-16-20(9-10-21(25)17-31-22-11-12-22)24-14-13-23(30-3)15-18(24)2/h1,9-10,13-16,19,22,26H,5-8,11-12,17H2,2-3H3,(H,28,29). The normalized spacial score (nSPS) is 20.7. The quantitative estimate of drug-likeness (QED) is 0.624. The average molecular weight is 418 g/mol. The number of benzene rings is 2. The Morgan fingerprint density at radius 1 is 1.13 bits per heavy atom. The minimum absolute atomic E-state index is 0.0369. The number of rotatable bonds is 7. The van der Waals surface area contributed by atoms with E-state index in [1.165, 1.54) is 0 Å². The van der Waals surface area contributed by atoms with Crippen LogP contribution in [0.1, 0.15) is 60.0 Å². The van der Waals surface area contributed by atoms with Crippen molar-refractivity contribution >= 4 is 5.91 Å². The maximum atomic E-state index is 13.4. The number of nitrogens with one attached hydrogen (secondary N) is 1. The molecule has 2 saturated carbocycles. The van der Waals surface area contributed by atoms with E-state index in [2.05, 4.69) is 24.2 Å². The molecule has 0 bridgehead atoms. The van der Waals surface area contributed by atoms with Crippen molar-refractivity contribution in [3.63, 3.8) is 0 Å². The van der Waals surface area contributed by atoms with Gasteiger partial charge in [-0.3, -0.25) is 4.79 Å². The molecular formula is C27H31NO3. The van der Waals surface area contributed by atoms with Gasteiger partial charge in [-0.25, -0.2) is 0 Å². The number of hydrogen-bond acceptors (Lipinski definition) is 3. The molecule has 2 aromatic carbocycles. The number of carbonyl (C=O) groups excluding carboxylic acids is 1. The highest BCUT2D eigenvalue weighted by Gasteiger charge is 2.27. The molecule has 2 unspecified atom stereocenters. The molecule has 0 aliphatic heterocycles. The molecule has 31 heavy (non-hydrogen) atoms. The highest BCUT2D eigenvalue weighted by molar-refractivity contribution is 5.97. The number of carbonyl (C=O) groups is 1. The molecule has 0 spiro atoms. The Labute approximate surface area is 185 Å². The highest BCUT2D eigenvalue weighted by Crippen LogP contribution is 2.31. The Morgan fingerprint density at radius 3 is 2.65 bits per heavy atom. The third-order valence-electron chi connectivity index (χ3n) is 6.39. The summed E-state index contributed by atoms with van der Waals surface area (Å²) in [6, 6.07) is 12.1. The van der Waals surface area contributed by atoms with E-state index in [4.69, 9.17) is 15.9 Å². The Morgan fingerprint density at radius 2 is 1.94 bits per heavy atom. The molecule has 1 N–H and O–H groups in total. The van der Waals surface area contributed by atoms with Crippen LogP contribution in [-0.4, -0.2) is 25.2 Å². The second-order valence-corrected chi connectivity index (χ2v) is 8.70. The van der Waals surface area contributed by atoms with Crippen LogP contribution in [0.15, 0.2) is 36.4 Å². The van der Waals surface area contributed by atoms with Crippen LogP contribution in [0.5, 0.6) is 5.75 Å². The first-order chi connectivity index (χ1) is 15.1. The Bertz CT molecular complexity index is 986. The number of terminal acetylenes is 1. The summed E-state index contributed by atoms with van der Waals surface area (Å²) in [6.45, 7) is 2.51. The van der Waals surface area contributed by atoms with Gasteiger partial charge in [0.25, 0.3) is 5.91 Å². The number of hydrogen-bond donors (Lipinski definition) is 1. The summed E-state index contributed by atoms with van der Waals surface area (Å²) in [5.41, 5.74) is 4.80. The fraction of sp³-hybridized carbons (Fsp3) is 0.444. The van der Waals surface area contributed by atoms with E-state index in [-0.39, 0.29) is 17.9 Å². The summed E-state index contributed by atoms with van der Waals surface area (Å²) in [5.74, 6) is 3.75. The maximum Gasteiger partial charge on any atom is 0.251 e. The number of aryl methyl sites for hydroxylation is 1. The lowest BCUT2D eigenvalue weighted by molar-refractivity contribution is 0.0893. The van der Waals surface area contributed by atoms with Crippen molar-refractivity contribution in [1.82, 2.24) is 5.32 Å². The van der Waals surface area contributed by atoms with Gasteiger partial charge in [0, 0.05) is 17.5 Å².